The highest BCUT2D eigenvalue weighted by atomic mass is 16.2. The first-order valence-corrected chi connectivity index (χ1v) is 8.97. The van der Waals surface area contributed by atoms with Crippen LogP contribution in [-0.4, -0.2) is 61.0 Å². The zero-order valence-corrected chi connectivity index (χ0v) is 13.5. The van der Waals surface area contributed by atoms with Crippen LogP contribution in [0, 0.1) is 5.92 Å². The van der Waals surface area contributed by atoms with Crippen molar-refractivity contribution < 1.29 is 4.79 Å². The van der Waals surface area contributed by atoms with E-state index in [1.807, 2.05) is 11.9 Å². The number of amides is 1. The normalized spacial score (nSPS) is 29.1. The van der Waals surface area contributed by atoms with Gasteiger partial charge in [-0.1, -0.05) is 12.8 Å². The lowest BCUT2D eigenvalue weighted by Gasteiger charge is -2.36. The molecule has 0 bridgehead atoms. The summed E-state index contributed by atoms with van der Waals surface area (Å²) in [6.45, 7) is 4.33. The van der Waals surface area contributed by atoms with Crippen LogP contribution in [0.3, 0.4) is 0 Å². The van der Waals surface area contributed by atoms with E-state index in [0.29, 0.717) is 11.9 Å². The summed E-state index contributed by atoms with van der Waals surface area (Å²) in [5, 5.41) is 3.43. The minimum atomic E-state index is 0.166. The summed E-state index contributed by atoms with van der Waals surface area (Å²) in [4.78, 5) is 17.4. The standard InChI is InChI=1S/C17H31N3O/c1-19(13-14-5-2-3-6-14)17(21)16-7-4-12-20(16)15-8-10-18-11-9-15/h14-16,18H,2-13H2,1H3. The van der Waals surface area contributed by atoms with Crippen LogP contribution < -0.4 is 5.32 Å². The highest BCUT2D eigenvalue weighted by Gasteiger charge is 2.37. The Kier molecular flexibility index (Phi) is 5.17. The average Bonchev–Trinajstić information content (AvgIpc) is 3.18. The van der Waals surface area contributed by atoms with E-state index in [1.54, 1.807) is 0 Å². The number of carbonyl (C=O) groups is 1. The second-order valence-electron chi connectivity index (χ2n) is 7.25. The first kappa shape index (κ1) is 15.3. The molecule has 0 aromatic heterocycles. The molecule has 120 valence electrons. The number of hydrogen-bond donors (Lipinski definition) is 1. The van der Waals surface area contributed by atoms with E-state index in [2.05, 4.69) is 10.2 Å². The Morgan fingerprint density at radius 3 is 2.52 bits per heavy atom. The molecule has 2 saturated heterocycles. The molecule has 2 aliphatic heterocycles. The number of likely N-dealkylation sites (tertiary alicyclic amines) is 1. The Balaban J connectivity index is 1.56. The quantitative estimate of drug-likeness (QED) is 0.859. The van der Waals surface area contributed by atoms with E-state index >= 15 is 0 Å². The largest absolute Gasteiger partial charge is 0.344 e. The van der Waals surface area contributed by atoms with E-state index in [1.165, 1.54) is 44.9 Å². The van der Waals surface area contributed by atoms with Gasteiger partial charge in [-0.3, -0.25) is 9.69 Å². The summed E-state index contributed by atoms with van der Waals surface area (Å²) in [7, 11) is 2.03. The van der Waals surface area contributed by atoms with Crippen LogP contribution in [-0.2, 0) is 4.79 Å². The maximum Gasteiger partial charge on any atom is 0.239 e. The predicted octanol–water partition coefficient (Wildman–Crippen LogP) is 1.85. The van der Waals surface area contributed by atoms with Crippen LogP contribution in [0.25, 0.3) is 0 Å². The van der Waals surface area contributed by atoms with Gasteiger partial charge >= 0.3 is 0 Å². The van der Waals surface area contributed by atoms with E-state index in [9.17, 15) is 4.79 Å². The van der Waals surface area contributed by atoms with Gasteiger partial charge in [0.1, 0.15) is 0 Å². The molecular formula is C17H31N3O. The van der Waals surface area contributed by atoms with Crippen molar-refractivity contribution in [1.29, 1.82) is 0 Å². The van der Waals surface area contributed by atoms with Crippen LogP contribution in [0.1, 0.15) is 51.4 Å². The lowest BCUT2D eigenvalue weighted by atomic mass is 10.0. The maximum absolute atomic E-state index is 12.9. The third kappa shape index (κ3) is 3.59. The first-order valence-electron chi connectivity index (χ1n) is 8.97. The number of carbonyl (C=O) groups excluding carboxylic acids is 1. The molecular weight excluding hydrogens is 262 g/mol. The summed E-state index contributed by atoms with van der Waals surface area (Å²) in [6.07, 6.45) is 10.0. The molecule has 0 aromatic carbocycles. The Labute approximate surface area is 129 Å². The van der Waals surface area contributed by atoms with Crippen LogP contribution in [0.15, 0.2) is 0 Å². The molecule has 1 unspecified atom stereocenters. The van der Waals surface area contributed by atoms with Crippen molar-refractivity contribution in [2.75, 3.05) is 33.2 Å². The Bertz CT molecular complexity index is 348. The number of nitrogens with one attached hydrogen (secondary N) is 1. The van der Waals surface area contributed by atoms with Gasteiger partial charge in [-0.25, -0.2) is 0 Å². The monoisotopic (exact) mass is 293 g/mol. The minimum Gasteiger partial charge on any atom is -0.344 e. The summed E-state index contributed by atoms with van der Waals surface area (Å²) < 4.78 is 0. The number of rotatable bonds is 4. The third-order valence-corrected chi connectivity index (χ3v) is 5.74. The molecule has 3 aliphatic rings. The highest BCUT2D eigenvalue weighted by Crippen LogP contribution is 2.28. The third-order valence-electron chi connectivity index (χ3n) is 5.74. The summed E-state index contributed by atoms with van der Waals surface area (Å²) >= 11 is 0. The molecule has 2 heterocycles. The van der Waals surface area contributed by atoms with Crippen molar-refractivity contribution in [2.45, 2.75) is 63.5 Å². The highest BCUT2D eigenvalue weighted by molar-refractivity contribution is 5.82. The average molecular weight is 293 g/mol. The van der Waals surface area contributed by atoms with Crippen molar-refractivity contribution in [2.24, 2.45) is 5.92 Å². The number of hydrogen-bond acceptors (Lipinski definition) is 3. The van der Waals surface area contributed by atoms with Crippen LogP contribution in [0.4, 0.5) is 0 Å². The number of likely N-dealkylation sites (N-methyl/N-ethyl adjacent to an activating group) is 1. The van der Waals surface area contributed by atoms with Gasteiger partial charge in [0, 0.05) is 19.6 Å². The Hall–Kier alpha value is -0.610. The lowest BCUT2D eigenvalue weighted by molar-refractivity contribution is -0.136. The van der Waals surface area contributed by atoms with Crippen molar-refractivity contribution in [3.8, 4) is 0 Å². The Morgan fingerprint density at radius 1 is 1.10 bits per heavy atom. The van der Waals surface area contributed by atoms with E-state index in [4.69, 9.17) is 0 Å². The van der Waals surface area contributed by atoms with Gasteiger partial charge in [0.15, 0.2) is 0 Å². The van der Waals surface area contributed by atoms with Gasteiger partial charge < -0.3 is 10.2 Å². The van der Waals surface area contributed by atoms with E-state index in [0.717, 1.165) is 38.5 Å². The number of piperidine rings is 1. The molecule has 21 heavy (non-hydrogen) atoms. The molecule has 4 nitrogen and oxygen atoms in total. The van der Waals surface area contributed by atoms with Gasteiger partial charge in [-0.05, 0) is 64.1 Å². The maximum atomic E-state index is 12.9. The zero-order valence-electron chi connectivity index (χ0n) is 13.5. The molecule has 1 amide bonds. The van der Waals surface area contributed by atoms with Gasteiger partial charge in [-0.2, -0.15) is 0 Å². The van der Waals surface area contributed by atoms with Crippen molar-refractivity contribution in [1.82, 2.24) is 15.1 Å². The summed E-state index contributed by atoms with van der Waals surface area (Å²) in [6, 6.07) is 0.794. The van der Waals surface area contributed by atoms with Gasteiger partial charge in [0.2, 0.25) is 5.91 Å². The Morgan fingerprint density at radius 2 is 1.81 bits per heavy atom. The second-order valence-corrected chi connectivity index (χ2v) is 7.25. The molecule has 1 aliphatic carbocycles. The van der Waals surface area contributed by atoms with Crippen LogP contribution >= 0.6 is 0 Å². The van der Waals surface area contributed by atoms with Crippen molar-refractivity contribution in [3.63, 3.8) is 0 Å². The molecule has 1 saturated carbocycles. The van der Waals surface area contributed by atoms with Crippen molar-refractivity contribution in [3.05, 3.63) is 0 Å². The van der Waals surface area contributed by atoms with Gasteiger partial charge in [0.25, 0.3) is 0 Å². The molecule has 4 heteroatoms. The minimum absolute atomic E-state index is 0.166. The van der Waals surface area contributed by atoms with Gasteiger partial charge in [-0.15, -0.1) is 0 Å². The molecule has 3 rings (SSSR count). The topological polar surface area (TPSA) is 35.6 Å². The first-order chi connectivity index (χ1) is 10.3. The molecule has 0 spiro atoms. The fourth-order valence-corrected chi connectivity index (χ4v) is 4.55. The second kappa shape index (κ2) is 7.10. The molecule has 1 atom stereocenters. The molecule has 0 aromatic rings. The molecule has 1 N–H and O–H groups in total. The zero-order chi connectivity index (χ0) is 14.7. The van der Waals surface area contributed by atoms with Crippen molar-refractivity contribution >= 4 is 5.91 Å². The lowest BCUT2D eigenvalue weighted by Crippen LogP contribution is -2.51. The SMILES string of the molecule is CN(CC1CCCC1)C(=O)C1CCCN1C1CCNCC1. The number of nitrogens with zero attached hydrogens (tertiary/aromatic N) is 2. The predicted molar refractivity (Wildman–Crippen MR) is 85.2 cm³/mol. The summed E-state index contributed by atoms with van der Waals surface area (Å²) in [5.41, 5.74) is 0. The smallest absolute Gasteiger partial charge is 0.239 e. The molecule has 0 radical (unpaired) electrons. The molecule has 3 fully saturated rings. The van der Waals surface area contributed by atoms with E-state index < -0.39 is 0 Å². The summed E-state index contributed by atoms with van der Waals surface area (Å²) in [5.74, 6) is 1.14. The van der Waals surface area contributed by atoms with Gasteiger partial charge in [0.05, 0.1) is 6.04 Å². The van der Waals surface area contributed by atoms with Crippen LogP contribution in [0.5, 0.6) is 0 Å². The fraction of sp³-hybridized carbons (Fsp3) is 0.941. The fourth-order valence-electron chi connectivity index (χ4n) is 4.55. The van der Waals surface area contributed by atoms with E-state index in [-0.39, 0.29) is 6.04 Å². The van der Waals surface area contributed by atoms with Crippen LogP contribution in [0.2, 0.25) is 0 Å².